The largest absolute Gasteiger partial charge is 0.326 e. The highest BCUT2D eigenvalue weighted by Gasteiger charge is 2.12. The number of amides is 1. The van der Waals surface area contributed by atoms with Gasteiger partial charge in [-0.25, -0.2) is 4.39 Å². The van der Waals surface area contributed by atoms with Crippen LogP contribution in [0.1, 0.15) is 12.5 Å². The summed E-state index contributed by atoms with van der Waals surface area (Å²) in [7, 11) is 1.79. The molecule has 0 saturated heterocycles. The second kappa shape index (κ2) is 5.61. The van der Waals surface area contributed by atoms with Crippen molar-refractivity contribution in [3.63, 3.8) is 0 Å². The van der Waals surface area contributed by atoms with Crippen LogP contribution in [0.3, 0.4) is 0 Å². The van der Waals surface area contributed by atoms with Gasteiger partial charge in [0.1, 0.15) is 5.82 Å². The van der Waals surface area contributed by atoms with E-state index in [9.17, 15) is 9.18 Å². The molecule has 2 N–H and O–H groups in total. The van der Waals surface area contributed by atoms with E-state index in [4.69, 9.17) is 0 Å². The first kappa shape index (κ1) is 12.6. The molecule has 0 saturated carbocycles. The van der Waals surface area contributed by atoms with Crippen LogP contribution in [0.25, 0.3) is 0 Å². The molecule has 0 aliphatic heterocycles. The molecule has 1 aromatic rings. The fraction of sp³-hybridized carbons (Fsp3) is 0.417. The maximum Gasteiger partial charge on any atom is 0.228 e. The Balaban J connectivity index is 2.66. The van der Waals surface area contributed by atoms with Gasteiger partial charge in [0, 0.05) is 18.2 Å². The van der Waals surface area contributed by atoms with Crippen molar-refractivity contribution in [2.75, 3.05) is 18.9 Å². The standard InChI is InChI=1S/C12H17FN2O/c1-8-4-5-10(6-11(8)13)15-12(16)9(2)7-14-3/h4-6,9,14H,7H2,1-3H3,(H,15,16). The molecule has 0 heterocycles. The van der Waals surface area contributed by atoms with Crippen LogP contribution in [0.4, 0.5) is 10.1 Å². The molecular weight excluding hydrogens is 207 g/mol. The summed E-state index contributed by atoms with van der Waals surface area (Å²) in [6.45, 7) is 4.10. The number of anilines is 1. The Morgan fingerprint density at radius 1 is 1.50 bits per heavy atom. The lowest BCUT2D eigenvalue weighted by molar-refractivity contribution is -0.119. The summed E-state index contributed by atoms with van der Waals surface area (Å²) in [5, 5.41) is 5.60. The quantitative estimate of drug-likeness (QED) is 0.820. The first-order valence-corrected chi connectivity index (χ1v) is 5.26. The molecule has 3 nitrogen and oxygen atoms in total. The molecule has 1 rings (SSSR count). The fourth-order valence-electron chi connectivity index (χ4n) is 1.33. The SMILES string of the molecule is CNCC(C)C(=O)Nc1ccc(C)c(F)c1. The second-order valence-corrected chi connectivity index (χ2v) is 3.91. The van der Waals surface area contributed by atoms with Gasteiger partial charge in [-0.1, -0.05) is 13.0 Å². The van der Waals surface area contributed by atoms with Gasteiger partial charge in [-0.15, -0.1) is 0 Å². The van der Waals surface area contributed by atoms with E-state index in [-0.39, 0.29) is 17.6 Å². The molecule has 0 aliphatic carbocycles. The third-order valence-electron chi connectivity index (χ3n) is 2.40. The number of carbonyl (C=O) groups is 1. The van der Waals surface area contributed by atoms with Gasteiger partial charge in [0.05, 0.1) is 0 Å². The van der Waals surface area contributed by atoms with Crippen molar-refractivity contribution in [3.8, 4) is 0 Å². The monoisotopic (exact) mass is 224 g/mol. The van der Waals surface area contributed by atoms with Crippen molar-refractivity contribution in [1.29, 1.82) is 0 Å². The highest BCUT2D eigenvalue weighted by atomic mass is 19.1. The molecule has 88 valence electrons. The van der Waals surface area contributed by atoms with E-state index < -0.39 is 0 Å². The van der Waals surface area contributed by atoms with Gasteiger partial charge < -0.3 is 10.6 Å². The van der Waals surface area contributed by atoms with Gasteiger partial charge >= 0.3 is 0 Å². The van der Waals surface area contributed by atoms with Crippen molar-refractivity contribution < 1.29 is 9.18 Å². The Labute approximate surface area is 95.0 Å². The molecule has 0 radical (unpaired) electrons. The lowest BCUT2D eigenvalue weighted by Crippen LogP contribution is -2.28. The predicted molar refractivity (Wildman–Crippen MR) is 62.9 cm³/mol. The molecule has 0 aliphatic rings. The van der Waals surface area contributed by atoms with Crippen molar-refractivity contribution in [1.82, 2.24) is 5.32 Å². The molecule has 1 unspecified atom stereocenters. The Morgan fingerprint density at radius 2 is 2.19 bits per heavy atom. The number of rotatable bonds is 4. The molecule has 1 atom stereocenters. The van der Waals surface area contributed by atoms with Crippen LogP contribution < -0.4 is 10.6 Å². The summed E-state index contributed by atoms with van der Waals surface area (Å²) in [6.07, 6.45) is 0. The minimum atomic E-state index is -0.306. The molecule has 1 aromatic carbocycles. The van der Waals surface area contributed by atoms with Crippen molar-refractivity contribution >= 4 is 11.6 Å². The topological polar surface area (TPSA) is 41.1 Å². The zero-order chi connectivity index (χ0) is 12.1. The van der Waals surface area contributed by atoms with E-state index >= 15 is 0 Å². The van der Waals surface area contributed by atoms with Gasteiger partial charge in [-0.2, -0.15) is 0 Å². The lowest BCUT2D eigenvalue weighted by atomic mass is 10.1. The minimum absolute atomic E-state index is 0.113. The summed E-state index contributed by atoms with van der Waals surface area (Å²) in [4.78, 5) is 11.6. The first-order chi connectivity index (χ1) is 7.54. The highest BCUT2D eigenvalue weighted by Crippen LogP contribution is 2.14. The molecule has 1 amide bonds. The van der Waals surface area contributed by atoms with Gasteiger partial charge in [0.2, 0.25) is 5.91 Å². The molecular formula is C12H17FN2O. The van der Waals surface area contributed by atoms with Gasteiger partial charge in [0.25, 0.3) is 0 Å². The fourth-order valence-corrected chi connectivity index (χ4v) is 1.33. The van der Waals surface area contributed by atoms with Gasteiger partial charge in [-0.05, 0) is 31.7 Å². The second-order valence-electron chi connectivity index (χ2n) is 3.91. The Bertz CT molecular complexity index is 379. The number of aryl methyl sites for hydroxylation is 1. The number of carbonyl (C=O) groups excluding carboxylic acids is 1. The Hall–Kier alpha value is -1.42. The third-order valence-corrected chi connectivity index (χ3v) is 2.40. The zero-order valence-corrected chi connectivity index (χ0v) is 9.80. The maximum absolute atomic E-state index is 13.2. The number of hydrogen-bond acceptors (Lipinski definition) is 2. The lowest BCUT2D eigenvalue weighted by Gasteiger charge is -2.11. The molecule has 16 heavy (non-hydrogen) atoms. The number of nitrogens with one attached hydrogen (secondary N) is 2. The maximum atomic E-state index is 13.2. The van der Waals surface area contributed by atoms with Crippen LogP contribution in [0.5, 0.6) is 0 Å². The molecule has 0 fully saturated rings. The molecule has 0 aromatic heterocycles. The minimum Gasteiger partial charge on any atom is -0.326 e. The van der Waals surface area contributed by atoms with Crippen LogP contribution in [0, 0.1) is 18.7 Å². The Morgan fingerprint density at radius 3 is 2.75 bits per heavy atom. The van der Waals surface area contributed by atoms with Gasteiger partial charge in [-0.3, -0.25) is 4.79 Å². The predicted octanol–water partition coefficient (Wildman–Crippen LogP) is 1.93. The smallest absolute Gasteiger partial charge is 0.228 e. The summed E-state index contributed by atoms with van der Waals surface area (Å²) >= 11 is 0. The summed E-state index contributed by atoms with van der Waals surface area (Å²) in [6, 6.07) is 4.68. The first-order valence-electron chi connectivity index (χ1n) is 5.26. The molecule has 0 bridgehead atoms. The van der Waals surface area contributed by atoms with Crippen molar-refractivity contribution in [2.45, 2.75) is 13.8 Å². The summed E-state index contributed by atoms with van der Waals surface area (Å²) < 4.78 is 13.2. The summed E-state index contributed by atoms with van der Waals surface area (Å²) in [5.74, 6) is -0.564. The number of halogens is 1. The highest BCUT2D eigenvalue weighted by molar-refractivity contribution is 5.92. The third kappa shape index (κ3) is 3.31. The molecule has 4 heteroatoms. The number of benzene rings is 1. The molecule has 0 spiro atoms. The average molecular weight is 224 g/mol. The van der Waals surface area contributed by atoms with Crippen LogP contribution in [0.15, 0.2) is 18.2 Å². The van der Waals surface area contributed by atoms with Crippen LogP contribution in [0.2, 0.25) is 0 Å². The van der Waals surface area contributed by atoms with Crippen molar-refractivity contribution in [3.05, 3.63) is 29.6 Å². The van der Waals surface area contributed by atoms with E-state index in [1.165, 1.54) is 6.07 Å². The van der Waals surface area contributed by atoms with Crippen molar-refractivity contribution in [2.24, 2.45) is 5.92 Å². The number of hydrogen-bond donors (Lipinski definition) is 2. The zero-order valence-electron chi connectivity index (χ0n) is 9.80. The van der Waals surface area contributed by atoms with Crippen LogP contribution >= 0.6 is 0 Å². The average Bonchev–Trinajstić information content (AvgIpc) is 2.24. The van der Waals surface area contributed by atoms with E-state index in [0.717, 1.165) is 0 Å². The van der Waals surface area contributed by atoms with Gasteiger partial charge in [0.15, 0.2) is 0 Å². The Kier molecular flexibility index (Phi) is 4.43. The normalized spacial score (nSPS) is 12.2. The van der Waals surface area contributed by atoms with E-state index in [1.807, 2.05) is 6.92 Å². The van der Waals surface area contributed by atoms with E-state index in [0.29, 0.717) is 17.8 Å². The summed E-state index contributed by atoms with van der Waals surface area (Å²) in [5.41, 5.74) is 1.07. The van der Waals surface area contributed by atoms with Crippen LogP contribution in [-0.2, 0) is 4.79 Å². The van der Waals surface area contributed by atoms with Crippen LogP contribution in [-0.4, -0.2) is 19.5 Å². The van der Waals surface area contributed by atoms with E-state index in [2.05, 4.69) is 10.6 Å². The van der Waals surface area contributed by atoms with E-state index in [1.54, 1.807) is 26.1 Å².